The molecule has 2 N–H and O–H groups in total. The molecule has 0 fully saturated rings. The zero-order valence-electron chi connectivity index (χ0n) is 16.4. The number of hydrogen-bond donors (Lipinski definition) is 2. The smallest absolute Gasteiger partial charge is 0.338 e. The lowest BCUT2D eigenvalue weighted by molar-refractivity contribution is -0.139. The number of sulfone groups is 1. The van der Waals surface area contributed by atoms with E-state index in [1.165, 1.54) is 36.4 Å². The molecule has 0 aliphatic carbocycles. The van der Waals surface area contributed by atoms with Crippen LogP contribution >= 0.6 is 12.2 Å². The van der Waals surface area contributed by atoms with Gasteiger partial charge in [0.2, 0.25) is 0 Å². The number of aryl methyl sites for hydroxylation is 1. The molecule has 2 aromatic carbocycles. The van der Waals surface area contributed by atoms with Crippen LogP contribution in [0.2, 0.25) is 0 Å². The van der Waals surface area contributed by atoms with Crippen LogP contribution in [0.25, 0.3) is 0 Å². The molecule has 0 bridgehead atoms. The lowest BCUT2D eigenvalue weighted by Crippen LogP contribution is -2.47. The van der Waals surface area contributed by atoms with Crippen molar-refractivity contribution in [1.29, 1.82) is 0 Å². The standard InChI is InChI=1S/C21H21FN2O4S2/c1-3-28-20(25)18-17(12-30(26,27)16-10-4-13(2)5-11-16)23-21(29)24-19(18)14-6-8-15(22)9-7-14/h4-11,19H,3,12H2,1-2H3,(H2,23,24,29). The van der Waals surface area contributed by atoms with Crippen molar-refractivity contribution in [3.8, 4) is 0 Å². The van der Waals surface area contributed by atoms with Crippen molar-refractivity contribution < 1.29 is 22.3 Å². The van der Waals surface area contributed by atoms with Gasteiger partial charge in [0, 0.05) is 5.70 Å². The Morgan fingerprint density at radius 1 is 1.13 bits per heavy atom. The summed E-state index contributed by atoms with van der Waals surface area (Å²) in [7, 11) is -3.77. The molecule has 6 nitrogen and oxygen atoms in total. The number of benzene rings is 2. The summed E-state index contributed by atoms with van der Waals surface area (Å²) in [6, 6.07) is 11.2. The second-order valence-corrected chi connectivity index (χ2v) is 9.17. The third-order valence-corrected chi connectivity index (χ3v) is 6.45. The molecule has 9 heteroatoms. The van der Waals surface area contributed by atoms with Crippen LogP contribution < -0.4 is 10.6 Å². The fourth-order valence-corrected chi connectivity index (χ4v) is 4.67. The van der Waals surface area contributed by atoms with E-state index < -0.39 is 33.4 Å². The van der Waals surface area contributed by atoms with Crippen LogP contribution in [0.15, 0.2) is 64.7 Å². The molecule has 158 valence electrons. The van der Waals surface area contributed by atoms with Gasteiger partial charge in [-0.1, -0.05) is 29.8 Å². The van der Waals surface area contributed by atoms with E-state index in [1.54, 1.807) is 19.1 Å². The molecule has 1 atom stereocenters. The maximum atomic E-state index is 13.4. The van der Waals surface area contributed by atoms with E-state index in [0.717, 1.165) is 5.56 Å². The highest BCUT2D eigenvalue weighted by molar-refractivity contribution is 7.91. The highest BCUT2D eigenvalue weighted by atomic mass is 32.2. The summed E-state index contributed by atoms with van der Waals surface area (Å²) in [6.45, 7) is 3.63. The molecule has 0 saturated carbocycles. The van der Waals surface area contributed by atoms with Crippen molar-refractivity contribution in [3.05, 3.63) is 76.7 Å². The van der Waals surface area contributed by atoms with Crippen molar-refractivity contribution in [2.75, 3.05) is 12.4 Å². The SMILES string of the molecule is CCOC(=O)C1=C(CS(=O)(=O)c2ccc(C)cc2)NC(=S)NC1c1ccc(F)cc1. The molecule has 1 aliphatic rings. The van der Waals surface area contributed by atoms with Gasteiger partial charge in [0.05, 0.1) is 28.9 Å². The number of carbonyl (C=O) groups excluding carboxylic acids is 1. The fourth-order valence-electron chi connectivity index (χ4n) is 3.11. The van der Waals surface area contributed by atoms with Gasteiger partial charge in [0.25, 0.3) is 0 Å². The average molecular weight is 449 g/mol. The summed E-state index contributed by atoms with van der Waals surface area (Å²) in [4.78, 5) is 12.9. The van der Waals surface area contributed by atoms with Crippen molar-refractivity contribution in [2.24, 2.45) is 0 Å². The number of esters is 1. The minimum atomic E-state index is -3.77. The Kier molecular flexibility index (Phi) is 6.52. The molecule has 1 unspecified atom stereocenters. The highest BCUT2D eigenvalue weighted by Gasteiger charge is 2.34. The van der Waals surface area contributed by atoms with Gasteiger partial charge in [0.1, 0.15) is 5.82 Å². The number of thiocarbonyl (C=S) groups is 1. The van der Waals surface area contributed by atoms with E-state index in [2.05, 4.69) is 10.6 Å². The van der Waals surface area contributed by atoms with Crippen LogP contribution in [0.5, 0.6) is 0 Å². The molecular formula is C21H21FN2O4S2. The van der Waals surface area contributed by atoms with Crippen molar-refractivity contribution >= 4 is 33.1 Å². The maximum absolute atomic E-state index is 13.4. The summed E-state index contributed by atoms with van der Waals surface area (Å²) in [5, 5.41) is 5.91. The van der Waals surface area contributed by atoms with E-state index in [0.29, 0.717) is 5.56 Å². The molecule has 0 saturated heterocycles. The van der Waals surface area contributed by atoms with Crippen LogP contribution in [0.1, 0.15) is 24.1 Å². The van der Waals surface area contributed by atoms with Gasteiger partial charge in [-0.3, -0.25) is 0 Å². The van der Waals surface area contributed by atoms with E-state index in [1.807, 2.05) is 6.92 Å². The summed E-state index contributed by atoms with van der Waals surface area (Å²) in [5.41, 5.74) is 1.70. The zero-order chi connectivity index (χ0) is 21.9. The lowest BCUT2D eigenvalue weighted by atomic mass is 9.95. The van der Waals surface area contributed by atoms with Gasteiger partial charge in [-0.15, -0.1) is 0 Å². The minimum absolute atomic E-state index is 0.0905. The number of nitrogens with one attached hydrogen (secondary N) is 2. The molecule has 0 aromatic heterocycles. The van der Waals surface area contributed by atoms with Crippen LogP contribution in [0.4, 0.5) is 4.39 Å². The molecule has 30 heavy (non-hydrogen) atoms. The maximum Gasteiger partial charge on any atom is 0.338 e. The first-order valence-corrected chi connectivity index (χ1v) is 11.3. The highest BCUT2D eigenvalue weighted by Crippen LogP contribution is 2.29. The van der Waals surface area contributed by atoms with Crippen molar-refractivity contribution in [1.82, 2.24) is 10.6 Å². The average Bonchev–Trinajstić information content (AvgIpc) is 2.68. The Morgan fingerprint density at radius 3 is 2.37 bits per heavy atom. The van der Waals surface area contributed by atoms with Gasteiger partial charge in [0.15, 0.2) is 14.9 Å². The first-order valence-electron chi connectivity index (χ1n) is 9.24. The molecule has 2 aromatic rings. The number of carbonyl (C=O) groups is 1. The Hall–Kier alpha value is -2.78. The van der Waals surface area contributed by atoms with Gasteiger partial charge >= 0.3 is 5.97 Å². The first-order chi connectivity index (χ1) is 14.2. The van der Waals surface area contributed by atoms with E-state index in [4.69, 9.17) is 17.0 Å². The summed E-state index contributed by atoms with van der Waals surface area (Å²) >= 11 is 5.24. The summed E-state index contributed by atoms with van der Waals surface area (Å²) in [6.07, 6.45) is 0. The first kappa shape index (κ1) is 21.9. The molecule has 0 spiro atoms. The Labute approximate surface area is 180 Å². The van der Waals surface area contributed by atoms with E-state index >= 15 is 0 Å². The minimum Gasteiger partial charge on any atom is -0.463 e. The Bertz CT molecular complexity index is 1090. The van der Waals surface area contributed by atoms with Crippen LogP contribution in [-0.4, -0.2) is 31.9 Å². The normalized spacial score (nSPS) is 16.6. The molecule has 1 heterocycles. The predicted octanol–water partition coefficient (Wildman–Crippen LogP) is 2.94. The molecule has 0 radical (unpaired) electrons. The summed E-state index contributed by atoms with van der Waals surface area (Å²) < 4.78 is 44.5. The molecular weight excluding hydrogens is 427 g/mol. The second kappa shape index (κ2) is 8.93. The van der Waals surface area contributed by atoms with Crippen LogP contribution in [0, 0.1) is 12.7 Å². The van der Waals surface area contributed by atoms with Crippen LogP contribution in [-0.2, 0) is 19.4 Å². The zero-order valence-corrected chi connectivity index (χ0v) is 18.1. The van der Waals surface area contributed by atoms with Crippen molar-refractivity contribution in [2.45, 2.75) is 24.8 Å². The Balaban J connectivity index is 2.08. The van der Waals surface area contributed by atoms with E-state index in [-0.39, 0.29) is 27.9 Å². The number of halogens is 1. The van der Waals surface area contributed by atoms with Gasteiger partial charge in [-0.05, 0) is 55.9 Å². The van der Waals surface area contributed by atoms with E-state index in [9.17, 15) is 17.6 Å². The van der Waals surface area contributed by atoms with Crippen LogP contribution in [0.3, 0.4) is 0 Å². The third-order valence-electron chi connectivity index (χ3n) is 4.57. The van der Waals surface area contributed by atoms with Gasteiger partial charge in [-0.25, -0.2) is 17.6 Å². The molecule has 0 amide bonds. The lowest BCUT2D eigenvalue weighted by Gasteiger charge is -2.31. The largest absolute Gasteiger partial charge is 0.463 e. The summed E-state index contributed by atoms with van der Waals surface area (Å²) in [5.74, 6) is -1.58. The second-order valence-electron chi connectivity index (χ2n) is 6.77. The topological polar surface area (TPSA) is 84.5 Å². The number of ether oxygens (including phenoxy) is 1. The predicted molar refractivity (Wildman–Crippen MR) is 115 cm³/mol. The van der Waals surface area contributed by atoms with Gasteiger partial charge in [-0.2, -0.15) is 0 Å². The fraction of sp³-hybridized carbons (Fsp3) is 0.238. The van der Waals surface area contributed by atoms with Crippen molar-refractivity contribution in [3.63, 3.8) is 0 Å². The quantitative estimate of drug-likeness (QED) is 0.519. The molecule has 3 rings (SSSR count). The third kappa shape index (κ3) is 4.85. The molecule has 1 aliphatic heterocycles. The number of rotatable bonds is 6. The Morgan fingerprint density at radius 2 is 1.77 bits per heavy atom. The van der Waals surface area contributed by atoms with Gasteiger partial charge < -0.3 is 15.4 Å². The number of hydrogen-bond acceptors (Lipinski definition) is 5. The monoisotopic (exact) mass is 448 g/mol.